The molecule has 3 aromatic rings. The van der Waals surface area contributed by atoms with Crippen LogP contribution < -0.4 is 11.2 Å². The smallest absolute Gasteiger partial charge is 0.328 e. The number of nitrogens with zero attached hydrogens (tertiary/aromatic N) is 4. The second-order valence-electron chi connectivity index (χ2n) is 6.22. The van der Waals surface area contributed by atoms with Crippen molar-refractivity contribution in [2.24, 2.45) is 7.05 Å². The number of aromatic amines is 1. The van der Waals surface area contributed by atoms with Crippen molar-refractivity contribution in [3.8, 4) is 22.2 Å². The molecule has 0 bridgehead atoms. The number of thiazole rings is 1. The maximum absolute atomic E-state index is 12.0. The molecule has 136 valence electrons. The predicted molar refractivity (Wildman–Crippen MR) is 94.2 cm³/mol. The molecule has 0 amide bonds. The van der Waals surface area contributed by atoms with E-state index in [0.29, 0.717) is 12.5 Å². The van der Waals surface area contributed by atoms with Gasteiger partial charge in [0.2, 0.25) is 5.82 Å². The van der Waals surface area contributed by atoms with Gasteiger partial charge >= 0.3 is 5.69 Å². The Morgan fingerprint density at radius 3 is 2.96 bits per heavy atom. The van der Waals surface area contributed by atoms with Gasteiger partial charge in [-0.15, -0.1) is 11.3 Å². The summed E-state index contributed by atoms with van der Waals surface area (Å²) in [5, 5.41) is 4.89. The van der Waals surface area contributed by atoms with Gasteiger partial charge in [-0.05, 0) is 19.8 Å². The number of H-pyrrole nitrogens is 1. The average molecular weight is 375 g/mol. The Balaban J connectivity index is 1.68. The first-order chi connectivity index (χ1) is 12.5. The minimum Gasteiger partial charge on any atom is -0.381 e. The fourth-order valence-corrected chi connectivity index (χ4v) is 3.98. The second kappa shape index (κ2) is 6.61. The molecule has 1 aliphatic heterocycles. The van der Waals surface area contributed by atoms with E-state index in [2.05, 4.69) is 20.1 Å². The van der Waals surface area contributed by atoms with Gasteiger partial charge in [0.25, 0.3) is 11.4 Å². The van der Waals surface area contributed by atoms with E-state index < -0.39 is 11.2 Å². The van der Waals surface area contributed by atoms with Gasteiger partial charge in [-0.25, -0.2) is 9.78 Å². The standard InChI is InChI=1S/C16H17N5O4S/c1-8-11(26-15(17-8)9-4-3-5-24-7-9)14-18-12(20-25-14)10-6-21(2)16(23)19-13(10)22/h6,9H,3-5,7H2,1-2H3,(H,19,22,23). The van der Waals surface area contributed by atoms with E-state index in [9.17, 15) is 9.59 Å². The minimum absolute atomic E-state index is 0.132. The molecule has 3 aromatic heterocycles. The summed E-state index contributed by atoms with van der Waals surface area (Å²) < 4.78 is 12.1. The Hall–Kier alpha value is -2.59. The summed E-state index contributed by atoms with van der Waals surface area (Å²) in [7, 11) is 1.54. The molecule has 1 aliphatic rings. The van der Waals surface area contributed by atoms with E-state index >= 15 is 0 Å². The van der Waals surface area contributed by atoms with Gasteiger partial charge in [0.1, 0.15) is 10.4 Å². The van der Waals surface area contributed by atoms with E-state index in [4.69, 9.17) is 9.26 Å². The van der Waals surface area contributed by atoms with E-state index in [1.165, 1.54) is 29.1 Å². The van der Waals surface area contributed by atoms with Crippen LogP contribution in [0, 0.1) is 6.92 Å². The van der Waals surface area contributed by atoms with Crippen molar-refractivity contribution in [3.63, 3.8) is 0 Å². The molecule has 1 atom stereocenters. The van der Waals surface area contributed by atoms with Crippen molar-refractivity contribution in [1.82, 2.24) is 24.7 Å². The fourth-order valence-electron chi connectivity index (χ4n) is 2.87. The molecule has 0 aliphatic carbocycles. The van der Waals surface area contributed by atoms with Gasteiger partial charge in [-0.2, -0.15) is 4.98 Å². The zero-order chi connectivity index (χ0) is 18.3. The van der Waals surface area contributed by atoms with Crippen molar-refractivity contribution >= 4 is 11.3 Å². The summed E-state index contributed by atoms with van der Waals surface area (Å²) in [4.78, 5) is 35.4. The molecule has 1 saturated heterocycles. The van der Waals surface area contributed by atoms with Gasteiger partial charge in [0.15, 0.2) is 0 Å². The minimum atomic E-state index is -0.554. The van der Waals surface area contributed by atoms with Crippen LogP contribution in [0.25, 0.3) is 22.2 Å². The van der Waals surface area contributed by atoms with Crippen LogP contribution >= 0.6 is 11.3 Å². The highest BCUT2D eigenvalue weighted by Crippen LogP contribution is 2.35. The summed E-state index contributed by atoms with van der Waals surface area (Å²) in [5.74, 6) is 0.730. The summed E-state index contributed by atoms with van der Waals surface area (Å²) in [6, 6.07) is 0. The monoisotopic (exact) mass is 375 g/mol. The predicted octanol–water partition coefficient (Wildman–Crippen LogP) is 1.45. The summed E-state index contributed by atoms with van der Waals surface area (Å²) in [5.41, 5.74) is -0.0769. The molecule has 1 unspecified atom stereocenters. The van der Waals surface area contributed by atoms with Crippen LogP contribution in [0.15, 0.2) is 20.3 Å². The lowest BCUT2D eigenvalue weighted by atomic mass is 10.0. The molecule has 1 fully saturated rings. The molecule has 26 heavy (non-hydrogen) atoms. The van der Waals surface area contributed by atoms with Crippen LogP contribution in [0.3, 0.4) is 0 Å². The van der Waals surface area contributed by atoms with Crippen LogP contribution in [0.2, 0.25) is 0 Å². The Bertz CT molecular complexity index is 1060. The first-order valence-corrected chi connectivity index (χ1v) is 9.04. The number of aromatic nitrogens is 5. The molecule has 9 nitrogen and oxygen atoms in total. The van der Waals surface area contributed by atoms with Gasteiger partial charge < -0.3 is 13.8 Å². The summed E-state index contributed by atoms with van der Waals surface area (Å²) >= 11 is 1.51. The van der Waals surface area contributed by atoms with Crippen molar-refractivity contribution in [2.75, 3.05) is 13.2 Å². The van der Waals surface area contributed by atoms with Gasteiger partial charge in [-0.1, -0.05) is 5.16 Å². The number of hydrogen-bond acceptors (Lipinski definition) is 8. The number of nitrogens with one attached hydrogen (secondary N) is 1. The van der Waals surface area contributed by atoms with E-state index in [0.717, 1.165) is 35.0 Å². The topological polar surface area (TPSA) is 116 Å². The van der Waals surface area contributed by atoms with Crippen molar-refractivity contribution in [1.29, 1.82) is 0 Å². The Morgan fingerprint density at radius 1 is 1.35 bits per heavy atom. The highest BCUT2D eigenvalue weighted by atomic mass is 32.1. The summed E-state index contributed by atoms with van der Waals surface area (Å²) in [6.07, 6.45) is 3.47. The Labute approximate surface area is 151 Å². The molecule has 0 aromatic carbocycles. The van der Waals surface area contributed by atoms with E-state index in [-0.39, 0.29) is 17.3 Å². The van der Waals surface area contributed by atoms with Crippen LogP contribution in [-0.2, 0) is 11.8 Å². The van der Waals surface area contributed by atoms with E-state index in [1.807, 2.05) is 6.92 Å². The largest absolute Gasteiger partial charge is 0.381 e. The van der Waals surface area contributed by atoms with E-state index in [1.54, 1.807) is 0 Å². The van der Waals surface area contributed by atoms with Crippen LogP contribution in [0.5, 0.6) is 0 Å². The molecular weight excluding hydrogens is 358 g/mol. The highest BCUT2D eigenvalue weighted by molar-refractivity contribution is 7.15. The zero-order valence-corrected chi connectivity index (χ0v) is 15.1. The first kappa shape index (κ1) is 16.9. The molecular formula is C16H17N5O4S. The molecule has 0 saturated carbocycles. The normalized spacial score (nSPS) is 17.5. The lowest BCUT2D eigenvalue weighted by Gasteiger charge is -2.19. The molecule has 1 N–H and O–H groups in total. The van der Waals surface area contributed by atoms with Crippen molar-refractivity contribution in [3.05, 3.63) is 37.7 Å². The SMILES string of the molecule is Cc1nc(C2CCCOC2)sc1-c1nc(-c2cn(C)c(=O)[nH]c2=O)no1. The third-order valence-corrected chi connectivity index (χ3v) is 5.60. The molecule has 0 radical (unpaired) electrons. The third kappa shape index (κ3) is 3.01. The number of ether oxygens (including phenoxy) is 1. The van der Waals surface area contributed by atoms with Crippen LogP contribution in [-0.4, -0.2) is 37.9 Å². The van der Waals surface area contributed by atoms with Crippen molar-refractivity contribution < 1.29 is 9.26 Å². The highest BCUT2D eigenvalue weighted by Gasteiger charge is 2.24. The molecule has 4 rings (SSSR count). The van der Waals surface area contributed by atoms with Gasteiger partial charge in [0, 0.05) is 25.8 Å². The number of rotatable bonds is 3. The molecule has 0 spiro atoms. The first-order valence-electron chi connectivity index (χ1n) is 8.22. The lowest BCUT2D eigenvalue weighted by molar-refractivity contribution is 0.0803. The van der Waals surface area contributed by atoms with Crippen molar-refractivity contribution in [2.45, 2.75) is 25.7 Å². The Morgan fingerprint density at radius 2 is 2.19 bits per heavy atom. The Kier molecular flexibility index (Phi) is 4.29. The molecule has 4 heterocycles. The van der Waals surface area contributed by atoms with Crippen LogP contribution in [0.1, 0.15) is 29.5 Å². The average Bonchev–Trinajstić information content (AvgIpc) is 3.25. The summed E-state index contributed by atoms with van der Waals surface area (Å²) in [6.45, 7) is 3.37. The maximum atomic E-state index is 12.0. The maximum Gasteiger partial charge on any atom is 0.328 e. The third-order valence-electron chi connectivity index (χ3n) is 4.29. The van der Waals surface area contributed by atoms with Gasteiger partial charge in [0.05, 0.1) is 17.3 Å². The lowest BCUT2D eigenvalue weighted by Crippen LogP contribution is -2.28. The zero-order valence-electron chi connectivity index (χ0n) is 14.3. The molecule has 10 heteroatoms. The number of hydrogen-bond donors (Lipinski definition) is 1. The van der Waals surface area contributed by atoms with Gasteiger partial charge in [-0.3, -0.25) is 9.78 Å². The number of aryl methyl sites for hydroxylation is 2. The fraction of sp³-hybridized carbons (Fsp3) is 0.438. The quantitative estimate of drug-likeness (QED) is 0.736. The van der Waals surface area contributed by atoms with Crippen LogP contribution in [0.4, 0.5) is 0 Å². The second-order valence-corrected chi connectivity index (χ2v) is 7.25.